The van der Waals surface area contributed by atoms with E-state index in [1.807, 2.05) is 23.1 Å². The smallest absolute Gasteiger partial charge is 0.0501 e. The van der Waals surface area contributed by atoms with Gasteiger partial charge in [0.1, 0.15) is 0 Å². The van der Waals surface area contributed by atoms with Gasteiger partial charge in [0.25, 0.3) is 0 Å². The van der Waals surface area contributed by atoms with E-state index in [1.54, 1.807) is 0 Å². The van der Waals surface area contributed by atoms with Gasteiger partial charge in [0.15, 0.2) is 0 Å². The van der Waals surface area contributed by atoms with Gasteiger partial charge in [-0.1, -0.05) is 18.2 Å². The summed E-state index contributed by atoms with van der Waals surface area (Å²) in [6.07, 6.45) is 0. The molecule has 18 heavy (non-hydrogen) atoms. The van der Waals surface area contributed by atoms with Crippen LogP contribution in [0.5, 0.6) is 0 Å². The van der Waals surface area contributed by atoms with Gasteiger partial charge in [0.2, 0.25) is 0 Å². The van der Waals surface area contributed by atoms with Crippen molar-refractivity contribution in [3.05, 3.63) is 50.6 Å². The third-order valence-corrected chi connectivity index (χ3v) is 6.54. The van der Waals surface area contributed by atoms with Gasteiger partial charge in [-0.25, -0.2) is 0 Å². The van der Waals surface area contributed by atoms with E-state index in [9.17, 15) is 0 Å². The highest BCUT2D eigenvalue weighted by Crippen LogP contribution is 2.47. The number of nitrogens with one attached hydrogen (secondary N) is 1. The van der Waals surface area contributed by atoms with E-state index in [2.05, 4.69) is 64.0 Å². The van der Waals surface area contributed by atoms with Crippen LogP contribution in [0.4, 0.5) is 0 Å². The molecule has 2 heterocycles. The Morgan fingerprint density at radius 2 is 2.17 bits per heavy atom. The average Bonchev–Trinajstić information content (AvgIpc) is 2.99. The van der Waals surface area contributed by atoms with Crippen LogP contribution in [0.2, 0.25) is 0 Å². The molecule has 0 radical (unpaired) electrons. The van der Waals surface area contributed by atoms with Crippen molar-refractivity contribution in [1.82, 2.24) is 5.32 Å². The third kappa shape index (κ3) is 2.16. The van der Waals surface area contributed by atoms with E-state index in [0.29, 0.717) is 12.0 Å². The van der Waals surface area contributed by atoms with Gasteiger partial charge in [0, 0.05) is 25.9 Å². The Balaban J connectivity index is 1.98. The van der Waals surface area contributed by atoms with E-state index < -0.39 is 0 Å². The topological polar surface area (TPSA) is 12.0 Å². The first-order chi connectivity index (χ1) is 8.81. The lowest BCUT2D eigenvalue weighted by Crippen LogP contribution is -2.23. The molecule has 1 N–H and O–H groups in total. The number of hydrogen-bond acceptors (Lipinski definition) is 3. The summed E-state index contributed by atoms with van der Waals surface area (Å²) in [5.41, 5.74) is 1.49. The van der Waals surface area contributed by atoms with Crippen LogP contribution in [-0.4, -0.2) is 12.8 Å². The second kappa shape index (κ2) is 5.37. The number of thiophene rings is 1. The van der Waals surface area contributed by atoms with Crippen molar-refractivity contribution in [3.63, 3.8) is 0 Å². The fourth-order valence-corrected chi connectivity index (χ4v) is 5.59. The van der Waals surface area contributed by atoms with Crippen LogP contribution in [-0.2, 0) is 0 Å². The molecule has 0 saturated carbocycles. The lowest BCUT2D eigenvalue weighted by atomic mass is 9.92. The normalized spacial score (nSPS) is 19.8. The number of rotatable bonds is 3. The summed E-state index contributed by atoms with van der Waals surface area (Å²) < 4.78 is 1.22. The minimum atomic E-state index is 0.399. The molecule has 1 aromatic heterocycles. The number of likely N-dealkylation sites (N-methyl/N-ethyl adjacent to an activating group) is 1. The Morgan fingerprint density at radius 3 is 2.89 bits per heavy atom. The van der Waals surface area contributed by atoms with Gasteiger partial charge < -0.3 is 5.32 Å². The SMILES string of the molecule is CNC(c1sccc1Br)C1CSc2ccccc21. The summed E-state index contributed by atoms with van der Waals surface area (Å²) >= 11 is 7.46. The number of thioether (sulfide) groups is 1. The molecule has 1 aromatic carbocycles. The zero-order chi connectivity index (χ0) is 12.5. The lowest BCUT2D eigenvalue weighted by molar-refractivity contribution is 0.521. The molecule has 0 bridgehead atoms. The van der Waals surface area contributed by atoms with Crippen molar-refractivity contribution in [1.29, 1.82) is 0 Å². The molecule has 1 nitrogen and oxygen atoms in total. The molecule has 2 atom stereocenters. The van der Waals surface area contributed by atoms with Crippen LogP contribution in [0.15, 0.2) is 45.1 Å². The molecular weight excluding hydrogens is 326 g/mol. The summed E-state index contributed by atoms with van der Waals surface area (Å²) in [5, 5.41) is 5.65. The highest BCUT2D eigenvalue weighted by atomic mass is 79.9. The van der Waals surface area contributed by atoms with E-state index >= 15 is 0 Å². The van der Waals surface area contributed by atoms with Crippen molar-refractivity contribution in [2.24, 2.45) is 0 Å². The minimum Gasteiger partial charge on any atom is -0.312 e. The highest BCUT2D eigenvalue weighted by Gasteiger charge is 2.31. The number of hydrogen-bond donors (Lipinski definition) is 1. The first-order valence-electron chi connectivity index (χ1n) is 5.93. The van der Waals surface area contributed by atoms with E-state index in [-0.39, 0.29) is 0 Å². The van der Waals surface area contributed by atoms with Crippen LogP contribution < -0.4 is 5.32 Å². The van der Waals surface area contributed by atoms with Crippen molar-refractivity contribution in [2.75, 3.05) is 12.8 Å². The summed E-state index contributed by atoms with van der Waals surface area (Å²) in [4.78, 5) is 2.84. The Kier molecular flexibility index (Phi) is 3.80. The summed E-state index contributed by atoms with van der Waals surface area (Å²) in [6, 6.07) is 11.3. The molecule has 94 valence electrons. The van der Waals surface area contributed by atoms with E-state index in [4.69, 9.17) is 0 Å². The summed E-state index contributed by atoms with van der Waals surface area (Å²) in [6.45, 7) is 0. The van der Waals surface area contributed by atoms with Gasteiger partial charge >= 0.3 is 0 Å². The van der Waals surface area contributed by atoms with Crippen LogP contribution in [0.25, 0.3) is 0 Å². The predicted molar refractivity (Wildman–Crippen MR) is 83.7 cm³/mol. The molecule has 4 heteroatoms. The summed E-state index contributed by atoms with van der Waals surface area (Å²) in [5.74, 6) is 1.72. The van der Waals surface area contributed by atoms with Crippen LogP contribution >= 0.6 is 39.0 Å². The molecule has 1 aliphatic rings. The number of benzene rings is 1. The Hall–Kier alpha value is -0.290. The fraction of sp³-hybridized carbons (Fsp3) is 0.286. The number of halogens is 1. The first kappa shape index (κ1) is 12.7. The molecule has 0 spiro atoms. The van der Waals surface area contributed by atoms with Crippen molar-refractivity contribution >= 4 is 39.0 Å². The standard InChI is InChI=1S/C14H14BrNS2/c1-16-13(14-11(15)6-7-17-14)10-8-18-12-5-3-2-4-9(10)12/h2-7,10,13,16H,8H2,1H3. The van der Waals surface area contributed by atoms with Gasteiger partial charge in [0.05, 0.1) is 6.04 Å². The van der Waals surface area contributed by atoms with Crippen LogP contribution in [0.3, 0.4) is 0 Å². The molecule has 0 amide bonds. The zero-order valence-corrected chi connectivity index (χ0v) is 13.2. The summed E-state index contributed by atoms with van der Waals surface area (Å²) in [7, 11) is 2.06. The van der Waals surface area contributed by atoms with Gasteiger partial charge in [-0.05, 0) is 46.1 Å². The molecular formula is C14H14BrNS2. The van der Waals surface area contributed by atoms with Crippen molar-refractivity contribution < 1.29 is 0 Å². The quantitative estimate of drug-likeness (QED) is 0.872. The monoisotopic (exact) mass is 339 g/mol. The molecule has 0 fully saturated rings. The van der Waals surface area contributed by atoms with Crippen molar-refractivity contribution in [3.8, 4) is 0 Å². The maximum atomic E-state index is 3.66. The van der Waals surface area contributed by atoms with Crippen molar-refractivity contribution in [2.45, 2.75) is 16.9 Å². The maximum Gasteiger partial charge on any atom is 0.0501 e. The molecule has 1 aliphatic heterocycles. The molecule has 2 aromatic rings. The molecule has 0 saturated heterocycles. The van der Waals surface area contributed by atoms with Crippen LogP contribution in [0, 0.1) is 0 Å². The molecule has 3 rings (SSSR count). The largest absolute Gasteiger partial charge is 0.312 e. The third-order valence-electron chi connectivity index (χ3n) is 3.38. The van der Waals surface area contributed by atoms with Gasteiger partial charge in [-0.2, -0.15) is 0 Å². The first-order valence-corrected chi connectivity index (χ1v) is 8.59. The zero-order valence-electron chi connectivity index (χ0n) is 10.0. The van der Waals surface area contributed by atoms with Gasteiger partial charge in [-0.15, -0.1) is 23.1 Å². The van der Waals surface area contributed by atoms with E-state index in [1.165, 1.54) is 19.8 Å². The second-order valence-electron chi connectivity index (χ2n) is 4.35. The van der Waals surface area contributed by atoms with E-state index in [0.717, 1.165) is 5.75 Å². The predicted octanol–water partition coefficient (Wildman–Crippen LogP) is 4.66. The number of fused-ring (bicyclic) bond motifs is 1. The van der Waals surface area contributed by atoms with Gasteiger partial charge in [-0.3, -0.25) is 0 Å². The van der Waals surface area contributed by atoms with Crippen LogP contribution in [0.1, 0.15) is 22.4 Å². The molecule has 2 unspecified atom stereocenters. The Bertz CT molecular complexity index is 552. The second-order valence-corrected chi connectivity index (χ2v) is 7.22. The minimum absolute atomic E-state index is 0.399. The highest BCUT2D eigenvalue weighted by molar-refractivity contribution is 9.10. The fourth-order valence-electron chi connectivity index (χ4n) is 2.51. The molecule has 0 aliphatic carbocycles. The Labute approximate surface area is 124 Å². The maximum absolute atomic E-state index is 3.66. The Morgan fingerprint density at radius 1 is 1.33 bits per heavy atom. The lowest BCUT2D eigenvalue weighted by Gasteiger charge is -2.23. The average molecular weight is 340 g/mol.